The van der Waals surface area contributed by atoms with Gasteiger partial charge < -0.3 is 30.4 Å². The van der Waals surface area contributed by atoms with Crippen LogP contribution in [0, 0.1) is 20.2 Å². The number of carbonyl (C=O) groups is 3. The number of carboxylic acid groups (broad SMARTS) is 1. The van der Waals surface area contributed by atoms with Gasteiger partial charge in [-0.2, -0.15) is 0 Å². The summed E-state index contributed by atoms with van der Waals surface area (Å²) < 4.78 is 15.8. The second kappa shape index (κ2) is 16.2. The Morgan fingerprint density at radius 2 is 1.44 bits per heavy atom. The Morgan fingerprint density at radius 3 is 1.96 bits per heavy atom. The molecule has 1 amide bonds. The van der Waals surface area contributed by atoms with Crippen LogP contribution in [0.2, 0.25) is 10.0 Å². The number of hydrogen-bond acceptors (Lipinski definition) is 12. The Bertz CT molecular complexity index is 2010. The van der Waals surface area contributed by atoms with E-state index in [4.69, 9.17) is 43.5 Å². The molecule has 0 fully saturated rings. The van der Waals surface area contributed by atoms with Gasteiger partial charge in [-0.05, 0) is 65.9 Å². The second-order valence-corrected chi connectivity index (χ2v) is 12.0. The zero-order valence-corrected chi connectivity index (χ0v) is 28.3. The molecule has 50 heavy (non-hydrogen) atoms. The fourth-order valence-electron chi connectivity index (χ4n) is 4.68. The summed E-state index contributed by atoms with van der Waals surface area (Å²) in [7, 11) is 1.29. The van der Waals surface area contributed by atoms with E-state index in [9.17, 15) is 34.6 Å². The SMILES string of the molecule is COC(=O)Cc1ccc(Oc2ccc3c(c2[N+](=O)[O-])C(SC)C(=O)N3)c(Cl)c1.Nc1ccc(Oc2ccc(CC(=O)O)cc2Cl)c([N+](=O)[O-])c1. The van der Waals surface area contributed by atoms with Crippen LogP contribution in [-0.2, 0) is 32.0 Å². The number of nitrogens with two attached hydrogens (primary N) is 1. The van der Waals surface area contributed by atoms with Gasteiger partial charge in [0.05, 0.1) is 51.1 Å². The third kappa shape index (κ3) is 8.90. The summed E-state index contributed by atoms with van der Waals surface area (Å²) in [6.45, 7) is 0. The summed E-state index contributed by atoms with van der Waals surface area (Å²) in [6, 6.07) is 16.1. The molecule has 5 rings (SSSR count). The number of nitrogens with one attached hydrogen (secondary N) is 1. The van der Waals surface area contributed by atoms with Gasteiger partial charge in [0.1, 0.15) is 16.7 Å². The molecule has 1 unspecified atom stereocenters. The highest BCUT2D eigenvalue weighted by Crippen LogP contribution is 2.49. The van der Waals surface area contributed by atoms with Crippen molar-refractivity contribution < 1.29 is 43.5 Å². The van der Waals surface area contributed by atoms with Crippen LogP contribution in [0.15, 0.2) is 66.7 Å². The van der Waals surface area contributed by atoms with Gasteiger partial charge in [0.25, 0.3) is 0 Å². The number of halogens is 2. The highest BCUT2D eigenvalue weighted by atomic mass is 35.5. The molecule has 0 radical (unpaired) electrons. The number of nitro benzene ring substituents is 2. The highest BCUT2D eigenvalue weighted by molar-refractivity contribution is 7.99. The zero-order valence-electron chi connectivity index (χ0n) is 26.0. The first kappa shape index (κ1) is 37.2. The van der Waals surface area contributed by atoms with Crippen LogP contribution in [0.3, 0.4) is 0 Å². The number of carbonyl (C=O) groups excluding carboxylic acids is 2. The van der Waals surface area contributed by atoms with Crippen LogP contribution in [0.1, 0.15) is 21.9 Å². The van der Waals surface area contributed by atoms with Crippen molar-refractivity contribution in [2.24, 2.45) is 0 Å². The number of hydrogen-bond donors (Lipinski definition) is 3. The third-order valence-corrected chi connectivity index (χ3v) is 8.41. The molecule has 4 aromatic rings. The number of nitrogen functional groups attached to an aromatic ring is 1. The van der Waals surface area contributed by atoms with Gasteiger partial charge in [0.15, 0.2) is 0 Å². The quantitative estimate of drug-likeness (QED) is 0.0591. The van der Waals surface area contributed by atoms with Crippen molar-refractivity contribution in [2.45, 2.75) is 18.1 Å². The van der Waals surface area contributed by atoms with E-state index in [2.05, 4.69) is 10.1 Å². The first-order valence-electron chi connectivity index (χ1n) is 14.1. The number of thioether (sulfide) groups is 1. The van der Waals surface area contributed by atoms with E-state index in [1.165, 1.54) is 73.5 Å². The average molecular weight is 746 g/mol. The maximum Gasteiger partial charge on any atom is 0.318 e. The number of anilines is 2. The van der Waals surface area contributed by atoms with E-state index in [0.29, 0.717) is 16.8 Å². The van der Waals surface area contributed by atoms with Crippen LogP contribution < -0.4 is 20.5 Å². The van der Waals surface area contributed by atoms with Crippen LogP contribution in [0.4, 0.5) is 22.7 Å². The molecule has 0 aromatic heterocycles. The molecule has 15 nitrogen and oxygen atoms in total. The number of esters is 1. The maximum absolute atomic E-state index is 12.1. The van der Waals surface area contributed by atoms with Crippen molar-refractivity contribution in [3.63, 3.8) is 0 Å². The predicted molar refractivity (Wildman–Crippen MR) is 186 cm³/mol. The summed E-state index contributed by atoms with van der Waals surface area (Å²) in [5.41, 5.74) is 6.96. The van der Waals surface area contributed by atoms with Gasteiger partial charge >= 0.3 is 23.3 Å². The minimum absolute atomic E-state index is 0.00733. The summed E-state index contributed by atoms with van der Waals surface area (Å²) in [4.78, 5) is 55.6. The molecule has 1 aliphatic rings. The molecule has 4 aromatic carbocycles. The van der Waals surface area contributed by atoms with Crippen molar-refractivity contribution in [1.82, 2.24) is 0 Å². The summed E-state index contributed by atoms with van der Waals surface area (Å²) >= 11 is 13.4. The molecule has 1 atom stereocenters. The van der Waals surface area contributed by atoms with Gasteiger partial charge in [0, 0.05) is 11.8 Å². The van der Waals surface area contributed by atoms with E-state index in [0.717, 1.165) is 0 Å². The van der Waals surface area contributed by atoms with Gasteiger partial charge in [0.2, 0.25) is 17.4 Å². The number of carboxylic acids is 1. The Balaban J connectivity index is 0.000000232. The predicted octanol–water partition coefficient (Wildman–Crippen LogP) is 7.36. The molecule has 4 N–H and O–H groups in total. The van der Waals surface area contributed by atoms with Gasteiger partial charge in [-0.1, -0.05) is 35.3 Å². The smallest absolute Gasteiger partial charge is 0.318 e. The van der Waals surface area contributed by atoms with E-state index in [1.54, 1.807) is 18.4 Å². The number of rotatable bonds is 11. The molecule has 0 aliphatic carbocycles. The fraction of sp³-hybridized carbons (Fsp3) is 0.156. The first-order valence-corrected chi connectivity index (χ1v) is 16.2. The van der Waals surface area contributed by atoms with Crippen molar-refractivity contribution in [3.8, 4) is 23.0 Å². The fourth-order valence-corrected chi connectivity index (χ4v) is 5.91. The Kier molecular flexibility index (Phi) is 12.1. The van der Waals surface area contributed by atoms with Gasteiger partial charge in [-0.15, -0.1) is 11.8 Å². The minimum Gasteiger partial charge on any atom is -0.481 e. The molecule has 0 saturated heterocycles. The number of nitrogens with zero attached hydrogens (tertiary/aromatic N) is 2. The monoisotopic (exact) mass is 744 g/mol. The lowest BCUT2D eigenvalue weighted by atomic mass is 10.1. The van der Waals surface area contributed by atoms with Gasteiger partial charge in [-0.3, -0.25) is 34.6 Å². The number of nitro groups is 2. The number of methoxy groups -OCH3 is 1. The lowest BCUT2D eigenvalue weighted by Gasteiger charge is -2.12. The number of fused-ring (bicyclic) bond motifs is 1. The lowest BCUT2D eigenvalue weighted by molar-refractivity contribution is -0.386. The molecule has 0 bridgehead atoms. The van der Waals surface area contributed by atoms with E-state index in [1.807, 2.05) is 0 Å². The summed E-state index contributed by atoms with van der Waals surface area (Å²) in [5.74, 6) is -1.37. The number of aliphatic carboxylic acids is 1. The second-order valence-electron chi connectivity index (χ2n) is 10.3. The third-order valence-electron chi connectivity index (χ3n) is 6.90. The van der Waals surface area contributed by atoms with E-state index < -0.39 is 27.0 Å². The van der Waals surface area contributed by atoms with E-state index in [-0.39, 0.29) is 74.4 Å². The molecule has 0 saturated carbocycles. The van der Waals surface area contributed by atoms with Crippen LogP contribution in [0.5, 0.6) is 23.0 Å². The number of ether oxygens (including phenoxy) is 3. The van der Waals surface area contributed by atoms with Crippen molar-refractivity contribution in [1.29, 1.82) is 0 Å². The Hall–Kier alpha value is -5.58. The molecule has 1 aliphatic heterocycles. The van der Waals surface area contributed by atoms with Crippen LogP contribution in [-0.4, -0.2) is 46.2 Å². The summed E-state index contributed by atoms with van der Waals surface area (Å²) in [6.07, 6.45) is 1.56. The molecular weight excluding hydrogens is 719 g/mol. The lowest BCUT2D eigenvalue weighted by Crippen LogP contribution is -2.09. The van der Waals surface area contributed by atoms with Crippen molar-refractivity contribution in [3.05, 3.63) is 114 Å². The van der Waals surface area contributed by atoms with Crippen molar-refractivity contribution in [2.75, 3.05) is 24.4 Å². The molecule has 0 spiro atoms. The Morgan fingerprint density at radius 1 is 0.880 bits per heavy atom. The molecular formula is C32H26Cl2N4O11S. The highest BCUT2D eigenvalue weighted by Gasteiger charge is 2.39. The summed E-state index contributed by atoms with van der Waals surface area (Å²) in [5, 5.41) is 33.7. The molecule has 260 valence electrons. The average Bonchev–Trinajstić information content (AvgIpc) is 3.38. The molecule has 18 heteroatoms. The normalized spacial score (nSPS) is 12.9. The first-order chi connectivity index (χ1) is 23.7. The minimum atomic E-state index is -0.987. The van der Waals surface area contributed by atoms with Crippen molar-refractivity contribution >= 4 is 75.6 Å². The standard InChI is InChI=1S/C18H15ClN2O6S.C14H11ClN2O5/c1-26-14(22)8-9-3-5-12(10(19)7-9)27-13-6-4-11-15(16(13)21(24)25)17(28-2)18(23)20-11;15-10-5-8(6-14(18)19)1-3-12(10)22-13-4-2-9(16)7-11(13)17(20)21/h3-7,17H,8H2,1-2H3,(H,20,23);1-5,7H,6,16H2,(H,18,19). The maximum atomic E-state index is 12.1. The van der Waals surface area contributed by atoms with Gasteiger partial charge in [-0.25, -0.2) is 0 Å². The van der Waals surface area contributed by atoms with Crippen LogP contribution >= 0.6 is 35.0 Å². The van der Waals surface area contributed by atoms with E-state index >= 15 is 0 Å². The van der Waals surface area contributed by atoms with Crippen LogP contribution in [0.25, 0.3) is 0 Å². The zero-order chi connectivity index (χ0) is 36.7. The largest absolute Gasteiger partial charge is 0.481 e. The number of amides is 1. The molecule has 1 heterocycles. The Labute approximate surface area is 297 Å². The topological polar surface area (TPSA) is 223 Å². The number of benzene rings is 4.